The molecule has 1 aromatic rings. The molecular formula is C22H29N3O4. The number of carbonyl (C=O) groups excluding carboxylic acids is 3. The predicted octanol–water partition coefficient (Wildman–Crippen LogP) is 2.04. The highest BCUT2D eigenvalue weighted by Gasteiger charge is 2.61. The van der Waals surface area contributed by atoms with Crippen molar-refractivity contribution < 1.29 is 18.8 Å². The Morgan fingerprint density at radius 3 is 2.28 bits per heavy atom. The maximum absolute atomic E-state index is 13.7. The van der Waals surface area contributed by atoms with E-state index < -0.39 is 0 Å². The summed E-state index contributed by atoms with van der Waals surface area (Å²) in [5.74, 6) is 1.57. The fourth-order valence-corrected chi connectivity index (χ4v) is 7.04. The number of hydrogen-bond acceptors (Lipinski definition) is 4. The molecule has 6 rings (SSSR count). The predicted molar refractivity (Wildman–Crippen MR) is 105 cm³/mol. The van der Waals surface area contributed by atoms with Gasteiger partial charge in [0.15, 0.2) is 5.76 Å². The van der Waals surface area contributed by atoms with Gasteiger partial charge in [0.05, 0.1) is 11.7 Å². The van der Waals surface area contributed by atoms with Gasteiger partial charge in [-0.15, -0.1) is 0 Å². The zero-order chi connectivity index (χ0) is 20.2. The van der Waals surface area contributed by atoms with E-state index in [1.54, 1.807) is 24.0 Å². The van der Waals surface area contributed by atoms with Gasteiger partial charge in [-0.25, -0.2) is 0 Å². The van der Waals surface area contributed by atoms with Crippen LogP contribution in [0.4, 0.5) is 0 Å². The van der Waals surface area contributed by atoms with Gasteiger partial charge in [0.1, 0.15) is 0 Å². The maximum Gasteiger partial charge on any atom is 0.289 e. The van der Waals surface area contributed by atoms with Crippen LogP contribution in [0.25, 0.3) is 0 Å². The molecule has 3 amide bonds. The molecule has 4 bridgehead atoms. The molecule has 5 fully saturated rings. The van der Waals surface area contributed by atoms with Gasteiger partial charge >= 0.3 is 0 Å². The van der Waals surface area contributed by atoms with E-state index in [4.69, 9.17) is 4.42 Å². The summed E-state index contributed by atoms with van der Waals surface area (Å²) in [5.41, 5.74) is -0.525. The van der Waals surface area contributed by atoms with E-state index in [2.05, 4.69) is 5.32 Å². The molecule has 29 heavy (non-hydrogen) atoms. The smallest absolute Gasteiger partial charge is 0.289 e. The molecule has 0 aromatic carbocycles. The van der Waals surface area contributed by atoms with Crippen LogP contribution in [0.1, 0.15) is 56.0 Å². The molecule has 7 nitrogen and oxygen atoms in total. The molecule has 1 aliphatic heterocycles. The van der Waals surface area contributed by atoms with Crippen LogP contribution in [0.2, 0.25) is 0 Å². The van der Waals surface area contributed by atoms with Crippen molar-refractivity contribution >= 4 is 17.7 Å². The van der Waals surface area contributed by atoms with Crippen molar-refractivity contribution in [2.75, 3.05) is 26.2 Å². The zero-order valence-corrected chi connectivity index (χ0v) is 17.0. The molecule has 5 aliphatic rings. The second-order valence-electron chi connectivity index (χ2n) is 9.76. The van der Waals surface area contributed by atoms with Crippen LogP contribution in [0.15, 0.2) is 22.8 Å². The quantitative estimate of drug-likeness (QED) is 0.843. The van der Waals surface area contributed by atoms with E-state index in [9.17, 15) is 14.4 Å². The fourth-order valence-electron chi connectivity index (χ4n) is 7.04. The van der Waals surface area contributed by atoms with Crippen molar-refractivity contribution in [3.8, 4) is 0 Å². The Bertz CT molecular complexity index is 811. The van der Waals surface area contributed by atoms with Crippen molar-refractivity contribution in [2.45, 2.75) is 51.0 Å². The summed E-state index contributed by atoms with van der Waals surface area (Å²) in [5, 5.41) is 3.23. The van der Waals surface area contributed by atoms with E-state index in [0.29, 0.717) is 43.8 Å². The molecule has 4 saturated carbocycles. The van der Waals surface area contributed by atoms with Crippen LogP contribution in [-0.4, -0.2) is 59.2 Å². The lowest BCUT2D eigenvalue weighted by molar-refractivity contribution is -0.164. The second kappa shape index (κ2) is 6.61. The average molecular weight is 399 g/mol. The highest BCUT2D eigenvalue weighted by Crippen LogP contribution is 2.62. The van der Waals surface area contributed by atoms with Crippen LogP contribution >= 0.6 is 0 Å². The third-order valence-corrected chi connectivity index (χ3v) is 7.54. The van der Waals surface area contributed by atoms with Gasteiger partial charge in [-0.2, -0.15) is 0 Å². The topological polar surface area (TPSA) is 82.9 Å². The van der Waals surface area contributed by atoms with Crippen molar-refractivity contribution in [1.82, 2.24) is 15.1 Å². The van der Waals surface area contributed by atoms with E-state index in [-0.39, 0.29) is 28.7 Å². The molecule has 1 saturated heterocycles. The van der Waals surface area contributed by atoms with E-state index in [0.717, 1.165) is 32.1 Å². The number of nitrogens with zero attached hydrogens (tertiary/aromatic N) is 2. The largest absolute Gasteiger partial charge is 0.459 e. The van der Waals surface area contributed by atoms with Crippen molar-refractivity contribution in [3.05, 3.63) is 24.2 Å². The van der Waals surface area contributed by atoms with Crippen molar-refractivity contribution in [3.63, 3.8) is 0 Å². The average Bonchev–Trinajstić information content (AvgIpc) is 3.19. The molecule has 156 valence electrons. The summed E-state index contributed by atoms with van der Waals surface area (Å²) >= 11 is 0. The second-order valence-corrected chi connectivity index (χ2v) is 9.76. The number of carbonyl (C=O) groups is 3. The number of hydrogen-bond donors (Lipinski definition) is 1. The number of piperazine rings is 1. The lowest BCUT2D eigenvalue weighted by Gasteiger charge is -2.62. The van der Waals surface area contributed by atoms with E-state index in [1.165, 1.54) is 12.7 Å². The first-order valence-corrected chi connectivity index (χ1v) is 10.8. The minimum absolute atomic E-state index is 0.0135. The molecule has 2 unspecified atom stereocenters. The monoisotopic (exact) mass is 399 g/mol. The Morgan fingerprint density at radius 1 is 1.03 bits per heavy atom. The summed E-state index contributed by atoms with van der Waals surface area (Å²) in [6.07, 6.45) is 7.42. The van der Waals surface area contributed by atoms with Gasteiger partial charge in [-0.1, -0.05) is 0 Å². The fraction of sp³-hybridized carbons (Fsp3) is 0.682. The number of nitrogens with one attached hydrogen (secondary N) is 1. The molecule has 1 N–H and O–H groups in total. The Hall–Kier alpha value is -2.31. The minimum atomic E-state index is -0.334. The lowest BCUT2D eigenvalue weighted by atomic mass is 9.46. The third-order valence-electron chi connectivity index (χ3n) is 7.54. The number of furan rings is 1. The van der Waals surface area contributed by atoms with Crippen LogP contribution in [0.3, 0.4) is 0 Å². The normalized spacial score (nSPS) is 35.6. The van der Waals surface area contributed by atoms with Gasteiger partial charge in [0.25, 0.3) is 5.91 Å². The van der Waals surface area contributed by atoms with E-state index in [1.807, 2.05) is 4.90 Å². The number of amides is 3. The highest BCUT2D eigenvalue weighted by molar-refractivity contribution is 5.91. The Kier molecular flexibility index (Phi) is 4.26. The Labute approximate surface area is 170 Å². The zero-order valence-electron chi connectivity index (χ0n) is 17.0. The summed E-state index contributed by atoms with van der Waals surface area (Å²) in [4.78, 5) is 41.7. The summed E-state index contributed by atoms with van der Waals surface area (Å²) in [6.45, 7) is 3.78. The lowest BCUT2D eigenvalue weighted by Crippen LogP contribution is -2.66. The Balaban J connectivity index is 1.29. The summed E-state index contributed by atoms with van der Waals surface area (Å²) in [6, 6.07) is 3.39. The molecular weight excluding hydrogens is 370 g/mol. The molecule has 1 aromatic heterocycles. The van der Waals surface area contributed by atoms with Crippen LogP contribution in [0, 0.1) is 17.3 Å². The summed E-state index contributed by atoms with van der Waals surface area (Å²) in [7, 11) is 0. The standard InChI is InChI=1S/C22H29N3O4/c1-15(26)23-22-12-16-9-17(13-22)11-21(10-16,14-22)20(28)25-6-4-24(5-7-25)19(27)18-3-2-8-29-18/h2-3,8,16-17H,4-7,9-14H2,1H3,(H,23,26)/t16-,17+,21?,22?. The van der Waals surface area contributed by atoms with Gasteiger partial charge < -0.3 is 19.5 Å². The molecule has 2 heterocycles. The molecule has 4 aliphatic carbocycles. The van der Waals surface area contributed by atoms with Gasteiger partial charge in [0, 0.05) is 38.6 Å². The Morgan fingerprint density at radius 2 is 1.69 bits per heavy atom. The molecule has 4 atom stereocenters. The molecule has 0 spiro atoms. The molecule has 0 radical (unpaired) electrons. The third kappa shape index (κ3) is 3.15. The molecule has 7 heteroatoms. The van der Waals surface area contributed by atoms with Crippen molar-refractivity contribution in [2.24, 2.45) is 17.3 Å². The maximum atomic E-state index is 13.7. The highest BCUT2D eigenvalue weighted by atomic mass is 16.3. The first kappa shape index (κ1) is 18.7. The van der Waals surface area contributed by atoms with Crippen molar-refractivity contribution in [1.29, 1.82) is 0 Å². The first-order valence-electron chi connectivity index (χ1n) is 10.8. The van der Waals surface area contributed by atoms with Gasteiger partial charge in [-0.05, 0) is 62.5 Å². The van der Waals surface area contributed by atoms with Gasteiger partial charge in [-0.3, -0.25) is 14.4 Å². The summed E-state index contributed by atoms with van der Waals surface area (Å²) < 4.78 is 5.22. The van der Waals surface area contributed by atoms with Gasteiger partial charge in [0.2, 0.25) is 11.8 Å². The van der Waals surface area contributed by atoms with Crippen LogP contribution in [0.5, 0.6) is 0 Å². The first-order chi connectivity index (χ1) is 13.9. The van der Waals surface area contributed by atoms with E-state index >= 15 is 0 Å². The van der Waals surface area contributed by atoms with Crippen LogP contribution in [-0.2, 0) is 9.59 Å². The minimum Gasteiger partial charge on any atom is -0.459 e. The van der Waals surface area contributed by atoms with Crippen LogP contribution < -0.4 is 5.32 Å². The SMILES string of the molecule is CC(=O)NC12C[C@H]3C[C@@H](C1)CC(C(=O)N1CCN(C(=O)c4ccco4)CC1)(C3)C2. The number of rotatable bonds is 3.